The summed E-state index contributed by atoms with van der Waals surface area (Å²) >= 11 is 0. The van der Waals surface area contributed by atoms with E-state index in [0.29, 0.717) is 11.4 Å². The first kappa shape index (κ1) is 19.1. The Kier molecular flexibility index (Phi) is 5.28. The molecule has 2 aromatic heterocycles. The highest BCUT2D eigenvalue weighted by molar-refractivity contribution is 5.92. The van der Waals surface area contributed by atoms with Gasteiger partial charge in [0.2, 0.25) is 0 Å². The van der Waals surface area contributed by atoms with Gasteiger partial charge in [-0.2, -0.15) is 10.4 Å². The standard InChI is InChI=1S/C22H24N6O/c1-14(17-6-4-5-16(9-17)11-23)25-22-20-10-18(28-8-7-19(13-28)29-3)12-24-21(20)15(2)26-27-22/h4-6,9-10,12,14,19H,7-8,13H2,1-3H3,(H,25,27)/t14-,19+/m1/s1. The van der Waals surface area contributed by atoms with Gasteiger partial charge in [-0.15, -0.1) is 5.10 Å². The molecular formula is C22H24N6O. The fourth-order valence-electron chi connectivity index (χ4n) is 3.75. The van der Waals surface area contributed by atoms with E-state index in [0.717, 1.165) is 47.4 Å². The number of hydrogen-bond donors (Lipinski definition) is 1. The molecule has 3 aromatic rings. The quantitative estimate of drug-likeness (QED) is 0.714. The first-order valence-electron chi connectivity index (χ1n) is 9.76. The summed E-state index contributed by atoms with van der Waals surface area (Å²) in [6.45, 7) is 5.78. The first-order chi connectivity index (χ1) is 14.1. The highest BCUT2D eigenvalue weighted by Crippen LogP contribution is 2.30. The van der Waals surface area contributed by atoms with Crippen LogP contribution in [0.4, 0.5) is 11.5 Å². The molecule has 0 unspecified atom stereocenters. The van der Waals surface area contributed by atoms with Gasteiger partial charge < -0.3 is 15.0 Å². The van der Waals surface area contributed by atoms with Crippen LogP contribution in [0, 0.1) is 18.3 Å². The van der Waals surface area contributed by atoms with Gasteiger partial charge in [-0.25, -0.2) is 0 Å². The Balaban J connectivity index is 1.67. The van der Waals surface area contributed by atoms with Crippen LogP contribution < -0.4 is 10.2 Å². The van der Waals surface area contributed by atoms with E-state index in [4.69, 9.17) is 10.00 Å². The van der Waals surface area contributed by atoms with Crippen LogP contribution in [-0.2, 0) is 4.74 Å². The highest BCUT2D eigenvalue weighted by atomic mass is 16.5. The summed E-state index contributed by atoms with van der Waals surface area (Å²) in [4.78, 5) is 6.97. The molecule has 1 aromatic carbocycles. The molecule has 1 saturated heterocycles. The predicted molar refractivity (Wildman–Crippen MR) is 113 cm³/mol. The van der Waals surface area contributed by atoms with Gasteiger partial charge in [0.15, 0.2) is 5.82 Å². The summed E-state index contributed by atoms with van der Waals surface area (Å²) in [6.07, 6.45) is 3.17. The number of nitriles is 1. The maximum absolute atomic E-state index is 9.16. The smallest absolute Gasteiger partial charge is 0.158 e. The number of aryl methyl sites for hydroxylation is 1. The molecule has 0 amide bonds. The van der Waals surface area contributed by atoms with Crippen LogP contribution in [0.3, 0.4) is 0 Å². The van der Waals surface area contributed by atoms with Crippen molar-refractivity contribution < 1.29 is 4.74 Å². The number of fused-ring (bicyclic) bond motifs is 1. The number of hydrogen-bond acceptors (Lipinski definition) is 7. The number of rotatable bonds is 5. The van der Waals surface area contributed by atoms with Gasteiger partial charge in [-0.05, 0) is 44.0 Å². The zero-order valence-electron chi connectivity index (χ0n) is 16.9. The third kappa shape index (κ3) is 3.84. The van der Waals surface area contributed by atoms with E-state index in [-0.39, 0.29) is 12.1 Å². The monoisotopic (exact) mass is 388 g/mol. The number of anilines is 2. The molecule has 1 aliphatic rings. The van der Waals surface area contributed by atoms with Crippen LogP contribution in [0.5, 0.6) is 0 Å². The minimum absolute atomic E-state index is 0.0307. The minimum atomic E-state index is -0.0307. The second-order valence-corrected chi connectivity index (χ2v) is 7.42. The Morgan fingerprint density at radius 2 is 2.17 bits per heavy atom. The number of nitrogens with zero attached hydrogens (tertiary/aromatic N) is 5. The lowest BCUT2D eigenvalue weighted by Gasteiger charge is -2.20. The second kappa shape index (κ2) is 8.02. The molecule has 0 bridgehead atoms. The van der Waals surface area contributed by atoms with Crippen LogP contribution in [0.15, 0.2) is 36.5 Å². The van der Waals surface area contributed by atoms with Crippen molar-refractivity contribution in [1.82, 2.24) is 15.2 Å². The van der Waals surface area contributed by atoms with Crippen LogP contribution in [0.1, 0.15) is 36.2 Å². The van der Waals surface area contributed by atoms with Gasteiger partial charge >= 0.3 is 0 Å². The molecule has 0 saturated carbocycles. The second-order valence-electron chi connectivity index (χ2n) is 7.42. The van der Waals surface area contributed by atoms with Crippen LogP contribution in [0.25, 0.3) is 10.9 Å². The first-order valence-corrected chi connectivity index (χ1v) is 9.76. The van der Waals surface area contributed by atoms with Gasteiger partial charge in [0.05, 0.1) is 46.9 Å². The summed E-state index contributed by atoms with van der Waals surface area (Å²) in [6, 6.07) is 11.9. The molecule has 3 heterocycles. The molecule has 148 valence electrons. The third-order valence-corrected chi connectivity index (χ3v) is 5.48. The molecule has 1 fully saturated rings. The van der Waals surface area contributed by atoms with E-state index < -0.39 is 0 Å². The largest absolute Gasteiger partial charge is 0.380 e. The number of pyridine rings is 1. The minimum Gasteiger partial charge on any atom is -0.380 e. The molecule has 0 aliphatic carbocycles. The normalized spacial score (nSPS) is 17.3. The molecule has 7 nitrogen and oxygen atoms in total. The van der Waals surface area contributed by atoms with Crippen LogP contribution in [-0.4, -0.2) is 41.5 Å². The van der Waals surface area contributed by atoms with Crippen molar-refractivity contribution in [3.8, 4) is 6.07 Å². The molecule has 7 heteroatoms. The van der Waals surface area contributed by atoms with Gasteiger partial charge in [-0.3, -0.25) is 4.98 Å². The summed E-state index contributed by atoms with van der Waals surface area (Å²) in [7, 11) is 1.76. The number of nitrogens with one attached hydrogen (secondary N) is 1. The maximum atomic E-state index is 9.16. The summed E-state index contributed by atoms with van der Waals surface area (Å²) in [5, 5.41) is 22.2. The lowest BCUT2D eigenvalue weighted by atomic mass is 10.1. The van der Waals surface area contributed by atoms with Crippen LogP contribution in [0.2, 0.25) is 0 Å². The van der Waals surface area contributed by atoms with E-state index in [1.807, 2.05) is 38.2 Å². The van der Waals surface area contributed by atoms with Gasteiger partial charge in [0, 0.05) is 25.6 Å². The van der Waals surface area contributed by atoms with Gasteiger partial charge in [-0.1, -0.05) is 12.1 Å². The predicted octanol–water partition coefficient (Wildman–Crippen LogP) is 3.60. The van der Waals surface area contributed by atoms with E-state index in [1.165, 1.54) is 0 Å². The number of methoxy groups -OCH3 is 1. The summed E-state index contributed by atoms with van der Waals surface area (Å²) in [5.41, 5.74) is 4.36. The van der Waals surface area contributed by atoms with Crippen molar-refractivity contribution in [2.75, 3.05) is 30.4 Å². The van der Waals surface area contributed by atoms with E-state index in [2.05, 4.69) is 37.5 Å². The highest BCUT2D eigenvalue weighted by Gasteiger charge is 2.23. The summed E-state index contributed by atoms with van der Waals surface area (Å²) < 4.78 is 5.49. The Bertz CT molecular complexity index is 1080. The Labute approximate surface area is 170 Å². The third-order valence-electron chi connectivity index (χ3n) is 5.48. The molecule has 1 N–H and O–H groups in total. The van der Waals surface area contributed by atoms with Crippen molar-refractivity contribution in [2.45, 2.75) is 32.4 Å². The van der Waals surface area contributed by atoms with Crippen molar-refractivity contribution in [3.63, 3.8) is 0 Å². The summed E-state index contributed by atoms with van der Waals surface area (Å²) in [5.74, 6) is 0.692. The maximum Gasteiger partial charge on any atom is 0.158 e. The van der Waals surface area contributed by atoms with E-state index in [9.17, 15) is 0 Å². The Morgan fingerprint density at radius 1 is 1.31 bits per heavy atom. The SMILES string of the molecule is CO[C@H]1CCN(c2cnc3c(C)nnc(N[C@H](C)c4cccc(C#N)c4)c3c2)C1. The molecule has 4 rings (SSSR count). The molecular weight excluding hydrogens is 364 g/mol. The lowest BCUT2D eigenvalue weighted by Crippen LogP contribution is -2.22. The van der Waals surface area contributed by atoms with Gasteiger partial charge in [0.1, 0.15) is 0 Å². The zero-order valence-corrected chi connectivity index (χ0v) is 16.9. The van der Waals surface area contributed by atoms with Crippen molar-refractivity contribution in [2.24, 2.45) is 0 Å². The molecule has 0 radical (unpaired) electrons. The molecule has 29 heavy (non-hydrogen) atoms. The number of benzene rings is 1. The van der Waals surface area contributed by atoms with E-state index >= 15 is 0 Å². The average Bonchev–Trinajstić information content (AvgIpc) is 3.25. The van der Waals surface area contributed by atoms with E-state index in [1.54, 1.807) is 13.2 Å². The Hall–Kier alpha value is -3.24. The lowest BCUT2D eigenvalue weighted by molar-refractivity contribution is 0.121. The topological polar surface area (TPSA) is 87.0 Å². The van der Waals surface area contributed by atoms with Crippen molar-refractivity contribution in [3.05, 3.63) is 53.3 Å². The Morgan fingerprint density at radius 3 is 2.93 bits per heavy atom. The molecule has 0 spiro atoms. The van der Waals surface area contributed by atoms with Crippen molar-refractivity contribution in [1.29, 1.82) is 5.26 Å². The fraction of sp³-hybridized carbons (Fsp3) is 0.364. The van der Waals surface area contributed by atoms with Gasteiger partial charge in [0.25, 0.3) is 0 Å². The van der Waals surface area contributed by atoms with Crippen molar-refractivity contribution >= 4 is 22.4 Å². The van der Waals surface area contributed by atoms with Crippen LogP contribution >= 0.6 is 0 Å². The number of ether oxygens (including phenoxy) is 1. The average molecular weight is 388 g/mol. The number of aromatic nitrogens is 3. The molecule has 1 aliphatic heterocycles. The molecule has 2 atom stereocenters. The fourth-order valence-corrected chi connectivity index (χ4v) is 3.75. The zero-order chi connectivity index (χ0) is 20.4.